The number of hydrogen-bond acceptors (Lipinski definition) is 6. The fourth-order valence-corrected chi connectivity index (χ4v) is 6.03. The molecule has 8 aromatic heterocycles. The highest BCUT2D eigenvalue weighted by Gasteiger charge is 2.11. The van der Waals surface area contributed by atoms with Crippen molar-refractivity contribution in [3.05, 3.63) is 117 Å². The van der Waals surface area contributed by atoms with Crippen LogP contribution in [0.5, 0.6) is 0 Å². The predicted octanol–water partition coefficient (Wildman–Crippen LogP) is 7.49. The number of hydrogen-bond donors (Lipinski definition) is 0. The zero-order chi connectivity index (χ0) is 30.5. The third-order valence-electron chi connectivity index (χ3n) is 6.98. The van der Waals surface area contributed by atoms with Crippen LogP contribution in [0.2, 0.25) is 20.6 Å². The third-order valence-corrected chi connectivity index (χ3v) is 7.94. The Bertz CT molecular complexity index is 2320. The molecule has 0 saturated heterocycles. The van der Waals surface area contributed by atoms with Crippen molar-refractivity contribution in [3.8, 4) is 0 Å². The van der Waals surface area contributed by atoms with E-state index in [9.17, 15) is 0 Å². The second-order valence-electron chi connectivity index (χ2n) is 10.3. The number of fused-ring (bicyclic) bond motifs is 4. The van der Waals surface area contributed by atoms with E-state index in [1.54, 1.807) is 18.3 Å². The van der Waals surface area contributed by atoms with E-state index in [1.807, 2.05) is 81.1 Å². The first-order valence-electron chi connectivity index (χ1n) is 13.4. The molecule has 44 heavy (non-hydrogen) atoms. The van der Waals surface area contributed by atoms with E-state index in [2.05, 4.69) is 36.3 Å². The van der Waals surface area contributed by atoms with Gasteiger partial charge in [-0.3, -0.25) is 9.36 Å². The molecule has 8 aromatic rings. The zero-order valence-electron chi connectivity index (χ0n) is 23.3. The van der Waals surface area contributed by atoms with Gasteiger partial charge in [0, 0.05) is 43.1 Å². The molecule has 0 N–H and O–H groups in total. The second kappa shape index (κ2) is 11.4. The summed E-state index contributed by atoms with van der Waals surface area (Å²) in [5, 5.41) is 11.9. The number of nitrogens with zero attached hydrogens (tertiary/aromatic N) is 10. The van der Waals surface area contributed by atoms with Gasteiger partial charge in [0.2, 0.25) is 0 Å². The molecule has 0 unspecified atom stereocenters. The summed E-state index contributed by atoms with van der Waals surface area (Å²) in [7, 11) is 0. The molecule has 8 heterocycles. The number of aromatic nitrogens is 10. The normalized spacial score (nSPS) is 11.6. The van der Waals surface area contributed by atoms with Crippen molar-refractivity contribution in [1.29, 1.82) is 0 Å². The van der Waals surface area contributed by atoms with Gasteiger partial charge in [-0.15, -0.1) is 0 Å². The van der Waals surface area contributed by atoms with Crippen LogP contribution >= 0.6 is 46.4 Å². The fourth-order valence-electron chi connectivity index (χ4n) is 5.09. The molecule has 0 bridgehead atoms. The van der Waals surface area contributed by atoms with Crippen LogP contribution in [-0.2, 0) is 13.1 Å². The number of aryl methyl sites for hydroxylation is 2. The largest absolute Gasteiger partial charge is 0.306 e. The molecule has 0 spiro atoms. The van der Waals surface area contributed by atoms with Crippen LogP contribution < -0.4 is 0 Å². The number of pyridine rings is 4. The molecule has 220 valence electrons. The highest BCUT2D eigenvalue weighted by molar-refractivity contribution is 6.36. The van der Waals surface area contributed by atoms with Gasteiger partial charge in [0.25, 0.3) is 0 Å². The van der Waals surface area contributed by atoms with Crippen molar-refractivity contribution >= 4 is 79.5 Å². The first-order chi connectivity index (χ1) is 21.2. The lowest BCUT2D eigenvalue weighted by Crippen LogP contribution is -2.02. The predicted molar refractivity (Wildman–Crippen MR) is 173 cm³/mol. The lowest BCUT2D eigenvalue weighted by molar-refractivity contribution is 0.693. The molecule has 0 radical (unpaired) electrons. The molecule has 0 saturated carbocycles. The fraction of sp³-hybridized carbons (Fsp3) is 0.133. The van der Waals surface area contributed by atoms with Crippen molar-refractivity contribution in [2.75, 3.05) is 0 Å². The SMILES string of the molecule is Cc1cn2cc(Cn3cc4c(Cl)nc(Cl)cc4n3)ccc2n1.Cc1cn2cc(Cn3ncc4c(Cl)nc(Cl)cc43)ccc2n1. The van der Waals surface area contributed by atoms with Crippen molar-refractivity contribution in [3.63, 3.8) is 0 Å². The minimum Gasteiger partial charge on any atom is -0.306 e. The summed E-state index contributed by atoms with van der Waals surface area (Å²) >= 11 is 24.1. The number of rotatable bonds is 4. The van der Waals surface area contributed by atoms with Gasteiger partial charge in [-0.25, -0.2) is 19.9 Å². The second-order valence-corrected chi connectivity index (χ2v) is 11.8. The maximum absolute atomic E-state index is 6.10. The Hall–Kier alpha value is -4.22. The Morgan fingerprint density at radius 2 is 1.23 bits per heavy atom. The van der Waals surface area contributed by atoms with Crippen LogP contribution in [0, 0.1) is 13.8 Å². The molecular weight excluding hydrogens is 642 g/mol. The van der Waals surface area contributed by atoms with E-state index in [4.69, 9.17) is 46.4 Å². The van der Waals surface area contributed by atoms with Crippen LogP contribution in [-0.4, -0.2) is 48.3 Å². The van der Waals surface area contributed by atoms with Gasteiger partial charge < -0.3 is 8.80 Å². The summed E-state index contributed by atoms with van der Waals surface area (Å²) in [5.41, 5.74) is 7.69. The van der Waals surface area contributed by atoms with Gasteiger partial charge in [-0.1, -0.05) is 58.5 Å². The van der Waals surface area contributed by atoms with Crippen molar-refractivity contribution in [2.24, 2.45) is 0 Å². The Morgan fingerprint density at radius 3 is 1.89 bits per heavy atom. The lowest BCUT2D eigenvalue weighted by Gasteiger charge is -2.05. The average molecular weight is 664 g/mol. The topological polar surface area (TPSA) is 96.0 Å². The smallest absolute Gasteiger partial charge is 0.141 e. The van der Waals surface area contributed by atoms with Crippen molar-refractivity contribution in [1.82, 2.24) is 48.3 Å². The van der Waals surface area contributed by atoms with Gasteiger partial charge in [-0.05, 0) is 37.1 Å². The Morgan fingerprint density at radius 1 is 0.636 bits per heavy atom. The molecule has 0 aliphatic carbocycles. The van der Waals surface area contributed by atoms with E-state index < -0.39 is 0 Å². The first-order valence-corrected chi connectivity index (χ1v) is 14.9. The van der Waals surface area contributed by atoms with Crippen LogP contribution in [0.1, 0.15) is 22.5 Å². The third kappa shape index (κ3) is 5.69. The molecule has 0 aliphatic rings. The quantitative estimate of drug-likeness (QED) is 0.181. The first kappa shape index (κ1) is 28.5. The average Bonchev–Trinajstić information content (AvgIpc) is 3.73. The summed E-state index contributed by atoms with van der Waals surface area (Å²) < 4.78 is 7.72. The minimum atomic E-state index is 0.345. The summed E-state index contributed by atoms with van der Waals surface area (Å²) in [6.07, 6.45) is 11.7. The van der Waals surface area contributed by atoms with E-state index in [0.717, 1.165) is 55.6 Å². The monoisotopic (exact) mass is 662 g/mol. The Kier molecular flexibility index (Phi) is 7.37. The maximum Gasteiger partial charge on any atom is 0.141 e. The van der Waals surface area contributed by atoms with Gasteiger partial charge in [-0.2, -0.15) is 10.2 Å². The van der Waals surface area contributed by atoms with E-state index in [-0.39, 0.29) is 0 Å². The molecule has 0 amide bonds. The van der Waals surface area contributed by atoms with Crippen molar-refractivity contribution in [2.45, 2.75) is 26.9 Å². The molecule has 0 fully saturated rings. The standard InChI is InChI=1S/2C15H11Cl2N5/c1-9-6-21-7-10(2-3-14(21)19-9)8-22-12-4-13(16)20-15(17)11(12)5-18-22;1-9-5-21-6-10(2-3-14(21)18-9)7-22-8-11-12(20-22)4-13(16)19-15(11)17/h2-7H,8H2,1H3;2-6,8H,7H2,1H3. The molecule has 10 nitrogen and oxygen atoms in total. The molecular formula is C30H22Cl4N10. The molecule has 0 aromatic carbocycles. The highest BCUT2D eigenvalue weighted by Crippen LogP contribution is 2.26. The summed E-state index contributed by atoms with van der Waals surface area (Å²) in [4.78, 5) is 16.9. The van der Waals surface area contributed by atoms with Crippen molar-refractivity contribution < 1.29 is 0 Å². The Labute approximate surface area is 270 Å². The molecule has 0 atom stereocenters. The van der Waals surface area contributed by atoms with E-state index in [0.29, 0.717) is 33.7 Å². The summed E-state index contributed by atoms with van der Waals surface area (Å²) in [6.45, 7) is 5.21. The zero-order valence-corrected chi connectivity index (χ0v) is 26.4. The van der Waals surface area contributed by atoms with Gasteiger partial charge in [0.05, 0.1) is 52.5 Å². The van der Waals surface area contributed by atoms with Crippen LogP contribution in [0.3, 0.4) is 0 Å². The Balaban J connectivity index is 0.000000142. The van der Waals surface area contributed by atoms with Crippen LogP contribution in [0.15, 0.2) is 73.6 Å². The molecule has 8 rings (SSSR count). The van der Waals surface area contributed by atoms with E-state index in [1.165, 1.54) is 0 Å². The maximum atomic E-state index is 6.10. The van der Waals surface area contributed by atoms with Gasteiger partial charge in [0.15, 0.2) is 0 Å². The number of halogens is 4. The van der Waals surface area contributed by atoms with Gasteiger partial charge >= 0.3 is 0 Å². The summed E-state index contributed by atoms with van der Waals surface area (Å²) in [5.74, 6) is 0. The van der Waals surface area contributed by atoms with Crippen LogP contribution in [0.4, 0.5) is 0 Å². The van der Waals surface area contributed by atoms with Crippen LogP contribution in [0.25, 0.3) is 33.1 Å². The molecule has 14 heteroatoms. The van der Waals surface area contributed by atoms with Gasteiger partial charge in [0.1, 0.15) is 31.9 Å². The van der Waals surface area contributed by atoms with E-state index >= 15 is 0 Å². The number of imidazole rings is 2. The highest BCUT2D eigenvalue weighted by atomic mass is 35.5. The molecule has 0 aliphatic heterocycles. The lowest BCUT2D eigenvalue weighted by atomic mass is 10.2. The minimum absolute atomic E-state index is 0.345. The summed E-state index contributed by atoms with van der Waals surface area (Å²) in [6, 6.07) is 11.6.